The van der Waals surface area contributed by atoms with E-state index in [4.69, 9.17) is 38.4 Å². The number of ether oxygens (including phenoxy) is 2. The van der Waals surface area contributed by atoms with Crippen LogP contribution >= 0.6 is 23.2 Å². The number of hydrogen-bond acceptors (Lipinski definition) is 4. The molecule has 1 unspecified atom stereocenters. The van der Waals surface area contributed by atoms with Gasteiger partial charge in [0.2, 0.25) is 5.91 Å². The molecule has 0 bridgehead atoms. The first-order valence-electron chi connectivity index (χ1n) is 14.4. The zero-order valence-electron chi connectivity index (χ0n) is 23.9. The fourth-order valence-corrected chi connectivity index (χ4v) is 5.39. The lowest BCUT2D eigenvalue weighted by molar-refractivity contribution is -0.136. The van der Waals surface area contributed by atoms with Gasteiger partial charge in [-0.15, -0.1) is 0 Å². The van der Waals surface area contributed by atoms with Crippen molar-refractivity contribution in [2.45, 2.75) is 57.5 Å². The summed E-state index contributed by atoms with van der Waals surface area (Å²) < 4.78 is 38.0. The van der Waals surface area contributed by atoms with Gasteiger partial charge in [0.25, 0.3) is 0 Å². The van der Waals surface area contributed by atoms with Crippen LogP contribution < -0.4 is 10.5 Å². The standard InChI is InChI=1S/C33H38Cl2F2N2O3/c1-41-16-2-5-23-10-13-28(34)26(19-23)21-39(27-11-12-27)33(40)25(20-38)18-24-8-6-22(7-9-24)4-3-17-42-32-30(37)15-14-29(36)31(32)35/h6-10,13-15,19,25,27H,2-5,11-12,16-18,20-21,38H2,1H3. The molecule has 0 spiro atoms. The number of rotatable bonds is 16. The van der Waals surface area contributed by atoms with Crippen molar-refractivity contribution in [3.05, 3.63) is 98.5 Å². The Labute approximate surface area is 256 Å². The number of benzene rings is 3. The number of amides is 1. The second-order valence-corrected chi connectivity index (χ2v) is 11.6. The van der Waals surface area contributed by atoms with Gasteiger partial charge in [-0.05, 0) is 85.4 Å². The van der Waals surface area contributed by atoms with Crippen molar-refractivity contribution in [2.75, 3.05) is 26.9 Å². The molecule has 9 heteroatoms. The highest BCUT2D eigenvalue weighted by molar-refractivity contribution is 6.32. The summed E-state index contributed by atoms with van der Waals surface area (Å²) in [6, 6.07) is 16.3. The van der Waals surface area contributed by atoms with Crippen LogP contribution in [0.3, 0.4) is 0 Å². The van der Waals surface area contributed by atoms with Crippen LogP contribution in [0.15, 0.2) is 54.6 Å². The first kappa shape index (κ1) is 32.2. The second-order valence-electron chi connectivity index (χ2n) is 10.8. The summed E-state index contributed by atoms with van der Waals surface area (Å²) in [5, 5.41) is 0.316. The zero-order valence-corrected chi connectivity index (χ0v) is 25.4. The molecule has 1 aliphatic rings. The summed E-state index contributed by atoms with van der Waals surface area (Å²) in [5.74, 6) is -1.94. The maximum Gasteiger partial charge on any atom is 0.227 e. The van der Waals surface area contributed by atoms with E-state index in [1.54, 1.807) is 7.11 Å². The molecule has 1 saturated carbocycles. The molecule has 1 amide bonds. The summed E-state index contributed by atoms with van der Waals surface area (Å²) in [6.07, 6.45) is 5.63. The molecule has 1 fully saturated rings. The SMILES string of the molecule is COCCCc1ccc(Cl)c(CN(C(=O)C(CN)Cc2ccc(CCCOc3c(F)ccc(F)c3Cl)cc2)C2CC2)c1. The predicted octanol–water partition coefficient (Wildman–Crippen LogP) is 7.17. The highest BCUT2D eigenvalue weighted by Gasteiger charge is 2.35. The van der Waals surface area contributed by atoms with Crippen molar-refractivity contribution in [3.63, 3.8) is 0 Å². The molecule has 0 aliphatic heterocycles. The Hall–Kier alpha value is -2.71. The van der Waals surface area contributed by atoms with Crippen molar-refractivity contribution < 1.29 is 23.0 Å². The molecule has 3 aromatic rings. The van der Waals surface area contributed by atoms with E-state index in [1.807, 2.05) is 41.3 Å². The Kier molecular flexibility index (Phi) is 12.0. The Morgan fingerprint density at radius 1 is 0.952 bits per heavy atom. The molecule has 0 saturated heterocycles. The number of carbonyl (C=O) groups excluding carboxylic acids is 1. The highest BCUT2D eigenvalue weighted by atomic mass is 35.5. The largest absolute Gasteiger partial charge is 0.489 e. The number of halogens is 4. The summed E-state index contributed by atoms with van der Waals surface area (Å²) in [7, 11) is 1.70. The molecular formula is C33H38Cl2F2N2O3. The molecule has 226 valence electrons. The third-order valence-electron chi connectivity index (χ3n) is 7.53. The van der Waals surface area contributed by atoms with E-state index in [-0.39, 0.29) is 41.8 Å². The third kappa shape index (κ3) is 8.90. The van der Waals surface area contributed by atoms with Gasteiger partial charge in [0.05, 0.1) is 12.5 Å². The molecule has 1 atom stereocenters. The van der Waals surface area contributed by atoms with Crippen LogP contribution in [0, 0.1) is 17.6 Å². The van der Waals surface area contributed by atoms with E-state index in [0.717, 1.165) is 54.5 Å². The number of hydrogen-bond donors (Lipinski definition) is 1. The predicted molar refractivity (Wildman–Crippen MR) is 163 cm³/mol. The van der Waals surface area contributed by atoms with Crippen LogP contribution in [-0.2, 0) is 35.3 Å². The molecule has 5 nitrogen and oxygen atoms in total. The van der Waals surface area contributed by atoms with Gasteiger partial charge in [-0.25, -0.2) is 8.78 Å². The minimum absolute atomic E-state index is 0.0605. The summed E-state index contributed by atoms with van der Waals surface area (Å²) in [5.41, 5.74) is 10.4. The highest BCUT2D eigenvalue weighted by Crippen LogP contribution is 2.33. The van der Waals surface area contributed by atoms with Crippen molar-refractivity contribution in [1.82, 2.24) is 4.90 Å². The van der Waals surface area contributed by atoms with E-state index in [1.165, 1.54) is 5.56 Å². The molecule has 2 N–H and O–H groups in total. The number of nitrogens with zero attached hydrogens (tertiary/aromatic N) is 1. The topological polar surface area (TPSA) is 64.8 Å². The molecule has 0 aromatic heterocycles. The zero-order chi connectivity index (χ0) is 30.1. The summed E-state index contributed by atoms with van der Waals surface area (Å²) in [6.45, 7) is 1.63. The summed E-state index contributed by atoms with van der Waals surface area (Å²) >= 11 is 12.4. The van der Waals surface area contributed by atoms with Crippen LogP contribution in [0.25, 0.3) is 0 Å². The number of methoxy groups -OCH3 is 1. The minimum Gasteiger partial charge on any atom is -0.489 e. The van der Waals surface area contributed by atoms with Crippen LogP contribution in [0.1, 0.15) is 47.9 Å². The molecule has 0 radical (unpaired) electrons. The smallest absolute Gasteiger partial charge is 0.227 e. The van der Waals surface area contributed by atoms with Crippen molar-refractivity contribution in [3.8, 4) is 5.75 Å². The quantitative estimate of drug-likeness (QED) is 0.136. The average molecular weight is 620 g/mol. The lowest BCUT2D eigenvalue weighted by atomic mass is 9.96. The van der Waals surface area contributed by atoms with Crippen LogP contribution in [0.4, 0.5) is 8.78 Å². The van der Waals surface area contributed by atoms with Crippen molar-refractivity contribution in [2.24, 2.45) is 11.7 Å². The fourth-order valence-electron chi connectivity index (χ4n) is 5.01. The van der Waals surface area contributed by atoms with Gasteiger partial charge >= 0.3 is 0 Å². The van der Waals surface area contributed by atoms with E-state index in [2.05, 4.69) is 6.07 Å². The van der Waals surface area contributed by atoms with Gasteiger partial charge < -0.3 is 20.1 Å². The Morgan fingerprint density at radius 2 is 1.60 bits per heavy atom. The Morgan fingerprint density at radius 3 is 2.29 bits per heavy atom. The van der Waals surface area contributed by atoms with Gasteiger partial charge in [0.1, 0.15) is 10.8 Å². The molecular weight excluding hydrogens is 581 g/mol. The van der Waals surface area contributed by atoms with Gasteiger partial charge in [0.15, 0.2) is 11.6 Å². The van der Waals surface area contributed by atoms with Gasteiger partial charge in [-0.3, -0.25) is 4.79 Å². The van der Waals surface area contributed by atoms with Gasteiger partial charge in [0, 0.05) is 37.9 Å². The second kappa shape index (κ2) is 15.7. The maximum absolute atomic E-state index is 13.9. The molecule has 4 rings (SSSR count). The van der Waals surface area contributed by atoms with E-state index < -0.39 is 11.6 Å². The summed E-state index contributed by atoms with van der Waals surface area (Å²) in [4.78, 5) is 15.7. The minimum atomic E-state index is -0.718. The van der Waals surface area contributed by atoms with Crippen LogP contribution in [0.2, 0.25) is 10.0 Å². The first-order chi connectivity index (χ1) is 20.3. The Bertz CT molecular complexity index is 1340. The maximum atomic E-state index is 13.9. The average Bonchev–Trinajstić information content (AvgIpc) is 3.83. The van der Waals surface area contributed by atoms with Crippen LogP contribution in [0.5, 0.6) is 5.75 Å². The first-order valence-corrected chi connectivity index (χ1v) is 15.2. The number of nitrogens with two attached hydrogens (primary N) is 1. The van der Waals surface area contributed by atoms with Crippen molar-refractivity contribution >= 4 is 29.1 Å². The van der Waals surface area contributed by atoms with E-state index in [9.17, 15) is 13.6 Å². The van der Waals surface area contributed by atoms with Gasteiger partial charge in [-0.2, -0.15) is 0 Å². The fraction of sp³-hybridized carbons (Fsp3) is 0.424. The van der Waals surface area contributed by atoms with Crippen LogP contribution in [-0.4, -0.2) is 43.7 Å². The lowest BCUT2D eigenvalue weighted by Gasteiger charge is -2.28. The third-order valence-corrected chi connectivity index (χ3v) is 8.25. The Balaban J connectivity index is 1.32. The van der Waals surface area contributed by atoms with E-state index in [0.29, 0.717) is 37.4 Å². The lowest BCUT2D eigenvalue weighted by Crippen LogP contribution is -2.41. The molecule has 42 heavy (non-hydrogen) atoms. The monoisotopic (exact) mass is 618 g/mol. The normalized spacial score (nSPS) is 13.7. The van der Waals surface area contributed by atoms with E-state index >= 15 is 0 Å². The number of aryl methyl sites for hydroxylation is 2. The van der Waals surface area contributed by atoms with Gasteiger partial charge in [-0.1, -0.05) is 59.6 Å². The van der Waals surface area contributed by atoms with Crippen molar-refractivity contribution in [1.29, 1.82) is 0 Å². The molecule has 1 aliphatic carbocycles. The molecule has 0 heterocycles. The molecule has 3 aromatic carbocycles. The number of carbonyl (C=O) groups is 1.